The molecule has 3 aromatic carbocycles. The van der Waals surface area contributed by atoms with Gasteiger partial charge in [0.1, 0.15) is 12.6 Å². The van der Waals surface area contributed by atoms with Crippen LogP contribution < -0.4 is 9.62 Å². The second-order valence-electron chi connectivity index (χ2n) is 10.6. The Labute approximate surface area is 259 Å². The van der Waals surface area contributed by atoms with Gasteiger partial charge in [0.25, 0.3) is 10.0 Å². The largest absolute Gasteiger partial charge is 0.352 e. The molecule has 0 saturated heterocycles. The minimum absolute atomic E-state index is 0.00733. The highest BCUT2D eigenvalue weighted by Gasteiger charge is 2.34. The summed E-state index contributed by atoms with van der Waals surface area (Å²) in [5.74, 6) is -0.856. The van der Waals surface area contributed by atoms with Crippen LogP contribution in [-0.4, -0.2) is 43.8 Å². The second kappa shape index (κ2) is 14.4. The molecule has 42 heavy (non-hydrogen) atoms. The van der Waals surface area contributed by atoms with Crippen molar-refractivity contribution in [2.45, 2.75) is 77.9 Å². The molecule has 10 heteroatoms. The number of anilines is 1. The van der Waals surface area contributed by atoms with Gasteiger partial charge < -0.3 is 10.2 Å². The first-order chi connectivity index (χ1) is 19.8. The summed E-state index contributed by atoms with van der Waals surface area (Å²) in [5.41, 5.74) is 3.72. The SMILES string of the molecule is CC[C@H](C(=O)N[C@@H](C)CC)N(Cc1ccc(Cl)cc1Cl)C(=O)CN(c1ccc(C)c(C)c1)S(=O)(=O)c1ccc(C)cc1. The van der Waals surface area contributed by atoms with Gasteiger partial charge in [-0.1, -0.05) is 66.9 Å². The summed E-state index contributed by atoms with van der Waals surface area (Å²) in [6.07, 6.45) is 1.03. The highest BCUT2D eigenvalue weighted by molar-refractivity contribution is 7.92. The van der Waals surface area contributed by atoms with E-state index in [1.807, 2.05) is 47.6 Å². The zero-order chi connectivity index (χ0) is 31.2. The maximum atomic E-state index is 14.2. The molecule has 0 spiro atoms. The first-order valence-electron chi connectivity index (χ1n) is 14.0. The van der Waals surface area contributed by atoms with Gasteiger partial charge in [-0.25, -0.2) is 8.42 Å². The number of carbonyl (C=O) groups is 2. The molecule has 0 heterocycles. The molecule has 3 aromatic rings. The van der Waals surface area contributed by atoms with E-state index in [1.54, 1.807) is 42.5 Å². The van der Waals surface area contributed by atoms with E-state index in [0.29, 0.717) is 34.1 Å². The summed E-state index contributed by atoms with van der Waals surface area (Å²) in [4.78, 5) is 29.1. The van der Waals surface area contributed by atoms with Crippen LogP contribution in [0.2, 0.25) is 10.0 Å². The summed E-state index contributed by atoms with van der Waals surface area (Å²) in [7, 11) is -4.15. The summed E-state index contributed by atoms with van der Waals surface area (Å²) in [6, 6.07) is 15.7. The van der Waals surface area contributed by atoms with Crippen molar-refractivity contribution in [2.75, 3.05) is 10.8 Å². The Morgan fingerprint density at radius 3 is 2.12 bits per heavy atom. The van der Waals surface area contributed by atoms with Crippen LogP contribution in [-0.2, 0) is 26.2 Å². The molecule has 0 aromatic heterocycles. The number of benzene rings is 3. The summed E-state index contributed by atoms with van der Waals surface area (Å²) in [6.45, 7) is 10.8. The summed E-state index contributed by atoms with van der Waals surface area (Å²) >= 11 is 12.6. The van der Waals surface area contributed by atoms with Crippen molar-refractivity contribution in [2.24, 2.45) is 0 Å². The number of rotatable bonds is 12. The molecule has 0 unspecified atom stereocenters. The number of nitrogens with one attached hydrogen (secondary N) is 1. The van der Waals surface area contributed by atoms with Gasteiger partial charge >= 0.3 is 0 Å². The third kappa shape index (κ3) is 8.06. The molecule has 1 N–H and O–H groups in total. The molecule has 0 saturated carbocycles. The normalized spacial score (nSPS) is 12.9. The van der Waals surface area contributed by atoms with Crippen LogP contribution in [0.4, 0.5) is 5.69 Å². The van der Waals surface area contributed by atoms with Gasteiger partial charge in [0.2, 0.25) is 11.8 Å². The molecule has 2 atom stereocenters. The van der Waals surface area contributed by atoms with E-state index < -0.39 is 28.5 Å². The molecule has 0 bridgehead atoms. The lowest BCUT2D eigenvalue weighted by atomic mass is 10.1. The fourth-order valence-electron chi connectivity index (χ4n) is 4.44. The van der Waals surface area contributed by atoms with Crippen molar-refractivity contribution in [3.63, 3.8) is 0 Å². The van der Waals surface area contributed by atoms with E-state index in [9.17, 15) is 18.0 Å². The van der Waals surface area contributed by atoms with Gasteiger partial charge in [-0.05, 0) is 93.6 Å². The number of nitrogens with zero attached hydrogens (tertiary/aromatic N) is 2. The Morgan fingerprint density at radius 1 is 0.881 bits per heavy atom. The summed E-state index contributed by atoms with van der Waals surface area (Å²) in [5, 5.41) is 3.75. The van der Waals surface area contributed by atoms with Gasteiger partial charge in [0.15, 0.2) is 0 Å². The highest BCUT2D eigenvalue weighted by atomic mass is 35.5. The van der Waals surface area contributed by atoms with E-state index in [2.05, 4.69) is 5.32 Å². The van der Waals surface area contributed by atoms with E-state index in [1.165, 1.54) is 17.0 Å². The number of carbonyl (C=O) groups excluding carboxylic acids is 2. The van der Waals surface area contributed by atoms with Gasteiger partial charge in [0, 0.05) is 22.6 Å². The number of hydrogen-bond donors (Lipinski definition) is 1. The highest BCUT2D eigenvalue weighted by Crippen LogP contribution is 2.28. The number of hydrogen-bond acceptors (Lipinski definition) is 4. The third-order valence-electron chi connectivity index (χ3n) is 7.41. The Morgan fingerprint density at radius 2 is 1.55 bits per heavy atom. The Kier molecular flexibility index (Phi) is 11.5. The fraction of sp³-hybridized carbons (Fsp3) is 0.375. The third-order valence-corrected chi connectivity index (χ3v) is 9.78. The summed E-state index contributed by atoms with van der Waals surface area (Å²) < 4.78 is 29.2. The molecule has 0 aliphatic carbocycles. The van der Waals surface area contributed by atoms with Crippen molar-refractivity contribution < 1.29 is 18.0 Å². The molecular weight excluding hydrogens is 593 g/mol. The molecule has 3 rings (SSSR count). The van der Waals surface area contributed by atoms with Crippen LogP contribution in [0.15, 0.2) is 65.6 Å². The van der Waals surface area contributed by atoms with Gasteiger partial charge in [-0.2, -0.15) is 0 Å². The van der Waals surface area contributed by atoms with Gasteiger partial charge in [0.05, 0.1) is 10.6 Å². The molecule has 0 radical (unpaired) electrons. The van der Waals surface area contributed by atoms with Crippen molar-refractivity contribution in [1.82, 2.24) is 10.2 Å². The molecule has 0 aliphatic heterocycles. The van der Waals surface area contributed by atoms with Gasteiger partial charge in [-0.15, -0.1) is 0 Å². The maximum Gasteiger partial charge on any atom is 0.264 e. The molecule has 226 valence electrons. The zero-order valence-corrected chi connectivity index (χ0v) is 27.3. The van der Waals surface area contributed by atoms with Crippen LogP contribution in [0.3, 0.4) is 0 Å². The Bertz CT molecular complexity index is 1530. The average Bonchev–Trinajstić information content (AvgIpc) is 2.94. The van der Waals surface area contributed by atoms with Crippen molar-refractivity contribution >= 4 is 50.7 Å². The lowest BCUT2D eigenvalue weighted by Gasteiger charge is -2.34. The Balaban J connectivity index is 2.11. The lowest BCUT2D eigenvalue weighted by Crippen LogP contribution is -2.53. The van der Waals surface area contributed by atoms with Crippen molar-refractivity contribution in [1.29, 1.82) is 0 Å². The van der Waals surface area contributed by atoms with E-state index in [-0.39, 0.29) is 23.4 Å². The molecule has 0 aliphatic rings. The first-order valence-corrected chi connectivity index (χ1v) is 16.2. The number of halogens is 2. The number of aryl methyl sites for hydroxylation is 3. The topological polar surface area (TPSA) is 86.8 Å². The van der Waals surface area contributed by atoms with Crippen LogP contribution in [0.1, 0.15) is 55.9 Å². The number of sulfonamides is 1. The monoisotopic (exact) mass is 631 g/mol. The minimum Gasteiger partial charge on any atom is -0.352 e. The minimum atomic E-state index is -4.15. The van der Waals surface area contributed by atoms with Crippen LogP contribution in [0.5, 0.6) is 0 Å². The Hall–Kier alpha value is -3.07. The van der Waals surface area contributed by atoms with Crippen molar-refractivity contribution in [3.05, 3.63) is 93.0 Å². The molecular formula is C32H39Cl2N3O4S. The van der Waals surface area contributed by atoms with Crippen molar-refractivity contribution in [3.8, 4) is 0 Å². The van der Waals surface area contributed by atoms with E-state index in [0.717, 1.165) is 21.0 Å². The van der Waals surface area contributed by atoms with Crippen LogP contribution in [0.25, 0.3) is 0 Å². The molecule has 0 fully saturated rings. The van der Waals surface area contributed by atoms with Crippen LogP contribution >= 0.6 is 23.2 Å². The number of amides is 2. The predicted molar refractivity (Wildman–Crippen MR) is 171 cm³/mol. The van der Waals surface area contributed by atoms with Gasteiger partial charge in [-0.3, -0.25) is 13.9 Å². The zero-order valence-electron chi connectivity index (χ0n) is 24.9. The lowest BCUT2D eigenvalue weighted by molar-refractivity contribution is -0.140. The predicted octanol–water partition coefficient (Wildman–Crippen LogP) is 6.84. The molecule has 7 nitrogen and oxygen atoms in total. The quantitative estimate of drug-likeness (QED) is 0.237. The van der Waals surface area contributed by atoms with E-state index in [4.69, 9.17) is 23.2 Å². The fourth-order valence-corrected chi connectivity index (χ4v) is 6.32. The standard InChI is InChI=1S/C32H39Cl2N3O4S/c1-7-24(6)35-32(39)30(8-2)36(19-25-12-13-26(33)18-29(25)34)31(38)20-37(27-14-11-22(4)23(5)17-27)42(40,41)28-15-9-21(3)10-16-28/h9-18,24,30H,7-8,19-20H2,1-6H3,(H,35,39)/t24-,30+/m0/s1. The first kappa shape index (κ1) is 33.4. The second-order valence-corrected chi connectivity index (χ2v) is 13.3. The average molecular weight is 633 g/mol. The maximum absolute atomic E-state index is 14.2. The van der Waals surface area contributed by atoms with Crippen LogP contribution in [0, 0.1) is 20.8 Å². The smallest absolute Gasteiger partial charge is 0.264 e. The molecule has 2 amide bonds. The van der Waals surface area contributed by atoms with E-state index >= 15 is 0 Å².